The molecule has 1 atom stereocenters. The molecule has 0 heterocycles. The fourth-order valence-corrected chi connectivity index (χ4v) is 65.4. The van der Waals surface area contributed by atoms with Gasteiger partial charge in [-0.1, -0.05) is 258 Å². The molecule has 7 heteroatoms. The standard InChI is InChI=1S/C45H76Si7/c1-17-40-20-26-43(27-21-40)50(14,15)34-35-51(16,44-28-22-41(18-2)23-29-44)38-48(10,11)32-33-49(12,13)39-52(36-46(4,5)6,37-47(7,8)9)45-30-24-42(19-3)25-31-45/h17-31H,1-3,32-39H2,4-16H3. The van der Waals surface area contributed by atoms with Crippen molar-refractivity contribution in [1.29, 1.82) is 0 Å². The molecule has 0 radical (unpaired) electrons. The maximum atomic E-state index is 4.08. The molecule has 0 aliphatic carbocycles. The fraction of sp³-hybridized carbons (Fsp3) is 0.467. The molecule has 3 rings (SSSR count). The topological polar surface area (TPSA) is 0 Å². The second-order valence-electron chi connectivity index (χ2n) is 21.4. The third kappa shape index (κ3) is 13.3. The van der Waals surface area contributed by atoms with Crippen molar-refractivity contribution < 1.29 is 0 Å². The van der Waals surface area contributed by atoms with Crippen molar-refractivity contribution >= 4 is 90.3 Å². The third-order valence-electron chi connectivity index (χ3n) is 11.7. The summed E-state index contributed by atoms with van der Waals surface area (Å²) in [6.45, 7) is 47.1. The normalized spacial score (nSPS) is 14.5. The van der Waals surface area contributed by atoms with Gasteiger partial charge in [0.25, 0.3) is 0 Å². The van der Waals surface area contributed by atoms with Crippen molar-refractivity contribution in [2.24, 2.45) is 0 Å². The van der Waals surface area contributed by atoms with Crippen LogP contribution in [0.2, 0.25) is 132 Å². The Balaban J connectivity index is 1.93. The molecule has 284 valence electrons. The van der Waals surface area contributed by atoms with E-state index in [1.54, 1.807) is 21.2 Å². The highest BCUT2D eigenvalue weighted by Gasteiger charge is 2.47. The van der Waals surface area contributed by atoms with Crippen molar-refractivity contribution in [3.8, 4) is 0 Å². The molecule has 0 saturated heterocycles. The average Bonchev–Trinajstić information content (AvgIpc) is 3.05. The van der Waals surface area contributed by atoms with Crippen LogP contribution in [0.25, 0.3) is 18.2 Å². The van der Waals surface area contributed by atoms with E-state index in [4.69, 9.17) is 0 Å². The number of benzene rings is 3. The molecule has 3 aromatic rings. The summed E-state index contributed by atoms with van der Waals surface area (Å²) in [5, 5.41) is 5.01. The summed E-state index contributed by atoms with van der Waals surface area (Å²) in [5.74, 6) is 0. The highest BCUT2D eigenvalue weighted by molar-refractivity contribution is 7.14. The minimum atomic E-state index is -1.75. The Morgan fingerprint density at radius 1 is 0.385 bits per heavy atom. The van der Waals surface area contributed by atoms with E-state index >= 15 is 0 Å². The largest absolute Gasteiger partial charge is 0.0985 e. The van der Waals surface area contributed by atoms with E-state index in [-0.39, 0.29) is 0 Å². The van der Waals surface area contributed by atoms with Crippen LogP contribution in [0.1, 0.15) is 16.7 Å². The highest BCUT2D eigenvalue weighted by atomic mass is 28.4. The van der Waals surface area contributed by atoms with Crippen LogP contribution in [0, 0.1) is 0 Å². The van der Waals surface area contributed by atoms with Crippen LogP contribution in [-0.2, 0) is 0 Å². The van der Waals surface area contributed by atoms with Crippen molar-refractivity contribution in [3.63, 3.8) is 0 Å². The number of hydrogen-bond acceptors (Lipinski definition) is 0. The zero-order valence-electron chi connectivity index (χ0n) is 35.9. The SMILES string of the molecule is C=Cc1ccc([Si](C)(C)CC[Si](C)(C[Si](C)(C)CC[Si](C)(C)C[Si](C[Si](C)(C)C)(C[Si](C)(C)C)c2ccc(C=C)cc2)c2ccc(C=C)cc2)cc1. The summed E-state index contributed by atoms with van der Waals surface area (Å²) in [6, 6.07) is 34.6. The molecule has 0 N–H and O–H groups in total. The van der Waals surface area contributed by atoms with E-state index in [9.17, 15) is 0 Å². The Morgan fingerprint density at radius 3 is 1.10 bits per heavy atom. The smallest absolute Gasteiger partial charge is 0.0808 e. The lowest BCUT2D eigenvalue weighted by Gasteiger charge is -2.45. The Hall–Kier alpha value is -1.60. The lowest BCUT2D eigenvalue weighted by molar-refractivity contribution is 1.22. The van der Waals surface area contributed by atoms with E-state index in [0.29, 0.717) is 0 Å². The number of hydrogen-bond donors (Lipinski definition) is 0. The molecule has 0 spiro atoms. The second-order valence-corrected chi connectivity index (χ2v) is 59.1. The second kappa shape index (κ2) is 17.5. The average molecular weight is 814 g/mol. The van der Waals surface area contributed by atoms with Gasteiger partial charge in [0.1, 0.15) is 0 Å². The molecule has 0 saturated carbocycles. The van der Waals surface area contributed by atoms with Crippen LogP contribution in [0.15, 0.2) is 92.5 Å². The van der Waals surface area contributed by atoms with Crippen molar-refractivity contribution in [2.75, 3.05) is 0 Å². The molecule has 3 aromatic carbocycles. The van der Waals surface area contributed by atoms with Gasteiger partial charge in [-0.15, -0.1) is 0 Å². The minimum Gasteiger partial charge on any atom is -0.0985 e. The van der Waals surface area contributed by atoms with E-state index in [2.05, 4.69) is 178 Å². The predicted molar refractivity (Wildman–Crippen MR) is 263 cm³/mol. The van der Waals surface area contributed by atoms with Crippen LogP contribution >= 0.6 is 0 Å². The maximum Gasteiger partial charge on any atom is 0.0808 e. The van der Waals surface area contributed by atoms with Gasteiger partial charge in [0, 0.05) is 32.3 Å². The van der Waals surface area contributed by atoms with Crippen LogP contribution in [0.4, 0.5) is 0 Å². The molecule has 1 unspecified atom stereocenters. The Labute approximate surface area is 329 Å². The molecular formula is C45H76Si7. The molecule has 0 aliphatic rings. The van der Waals surface area contributed by atoms with Crippen LogP contribution in [0.5, 0.6) is 0 Å². The zero-order valence-corrected chi connectivity index (χ0v) is 42.9. The first-order valence-corrected chi connectivity index (χ1v) is 43.0. The summed E-state index contributed by atoms with van der Waals surface area (Å²) in [7, 11) is -10.7. The molecule has 0 fully saturated rings. The first kappa shape index (κ1) is 44.8. The van der Waals surface area contributed by atoms with Gasteiger partial charge in [-0.05, 0) is 16.7 Å². The van der Waals surface area contributed by atoms with E-state index in [1.807, 2.05) is 18.2 Å². The first-order valence-electron chi connectivity index (χ1n) is 20.0. The van der Waals surface area contributed by atoms with Gasteiger partial charge in [-0.3, -0.25) is 0 Å². The monoisotopic (exact) mass is 812 g/mol. The lowest BCUT2D eigenvalue weighted by Crippen LogP contribution is -2.60. The fourth-order valence-electron chi connectivity index (χ4n) is 9.48. The lowest BCUT2D eigenvalue weighted by atomic mass is 10.2. The summed E-state index contributed by atoms with van der Waals surface area (Å²) in [5.41, 5.74) is 9.86. The molecule has 0 aromatic heterocycles. The van der Waals surface area contributed by atoms with Gasteiger partial charge in [0.05, 0.1) is 24.2 Å². The molecule has 0 bridgehead atoms. The van der Waals surface area contributed by atoms with Gasteiger partial charge in [-0.25, -0.2) is 0 Å². The Bertz CT molecular complexity index is 1600. The predicted octanol–water partition coefficient (Wildman–Crippen LogP) is 13.1. The van der Waals surface area contributed by atoms with Crippen molar-refractivity contribution in [3.05, 3.63) is 109 Å². The van der Waals surface area contributed by atoms with Gasteiger partial charge >= 0.3 is 0 Å². The van der Waals surface area contributed by atoms with E-state index < -0.39 is 56.5 Å². The first-order chi connectivity index (χ1) is 23.9. The van der Waals surface area contributed by atoms with Crippen molar-refractivity contribution in [2.45, 2.75) is 132 Å². The quantitative estimate of drug-likeness (QED) is 0.0997. The molecule has 0 nitrogen and oxygen atoms in total. The summed E-state index contributed by atoms with van der Waals surface area (Å²) >= 11 is 0. The van der Waals surface area contributed by atoms with E-state index in [0.717, 1.165) is 0 Å². The van der Waals surface area contributed by atoms with Gasteiger partial charge < -0.3 is 0 Å². The van der Waals surface area contributed by atoms with Crippen molar-refractivity contribution in [1.82, 2.24) is 0 Å². The van der Waals surface area contributed by atoms with Crippen LogP contribution < -0.4 is 15.6 Å². The minimum absolute atomic E-state index is 1.22. The van der Waals surface area contributed by atoms with Gasteiger partial charge in [0.2, 0.25) is 0 Å². The molecule has 0 aliphatic heterocycles. The number of rotatable bonds is 20. The summed E-state index contributed by atoms with van der Waals surface area (Å²) < 4.78 is 0. The highest BCUT2D eigenvalue weighted by Crippen LogP contribution is 2.39. The molecular weight excluding hydrogens is 737 g/mol. The molecule has 0 amide bonds. The maximum absolute atomic E-state index is 4.08. The van der Waals surface area contributed by atoms with Crippen LogP contribution in [0.3, 0.4) is 0 Å². The zero-order chi connectivity index (χ0) is 39.2. The summed E-state index contributed by atoms with van der Waals surface area (Å²) in [6.07, 6.45) is 5.98. The summed E-state index contributed by atoms with van der Waals surface area (Å²) in [4.78, 5) is 0. The Morgan fingerprint density at radius 2 is 0.731 bits per heavy atom. The van der Waals surface area contributed by atoms with Gasteiger partial charge in [0.15, 0.2) is 0 Å². The van der Waals surface area contributed by atoms with Gasteiger partial charge in [-0.2, -0.15) is 0 Å². The molecule has 52 heavy (non-hydrogen) atoms. The van der Waals surface area contributed by atoms with E-state index in [1.165, 1.54) is 57.9 Å². The Kier molecular flexibility index (Phi) is 15.0. The third-order valence-corrected chi connectivity index (χ3v) is 51.4. The van der Waals surface area contributed by atoms with Crippen LogP contribution in [-0.4, -0.2) is 56.5 Å².